The Kier molecular flexibility index (Phi) is 4.67. The highest BCUT2D eigenvalue weighted by molar-refractivity contribution is 7.89. The van der Waals surface area contributed by atoms with Crippen molar-refractivity contribution in [1.82, 2.24) is 9.62 Å². The first-order chi connectivity index (χ1) is 9.79. The monoisotopic (exact) mass is 316 g/mol. The van der Waals surface area contributed by atoms with Gasteiger partial charge in [0.15, 0.2) is 0 Å². The zero-order valence-corrected chi connectivity index (χ0v) is 13.3. The van der Waals surface area contributed by atoms with E-state index in [-0.39, 0.29) is 11.4 Å². The summed E-state index contributed by atoms with van der Waals surface area (Å²) in [6.07, 6.45) is 0. The maximum atomic E-state index is 13.5. The van der Waals surface area contributed by atoms with E-state index in [0.717, 1.165) is 6.07 Å². The van der Waals surface area contributed by atoms with Gasteiger partial charge < -0.3 is 10.1 Å². The Morgan fingerprint density at radius 3 is 2.76 bits per heavy atom. The number of nitrogens with one attached hydrogen (secondary N) is 1. The smallest absolute Gasteiger partial charge is 0.244 e. The van der Waals surface area contributed by atoms with Crippen molar-refractivity contribution in [3.05, 3.63) is 29.6 Å². The maximum absolute atomic E-state index is 13.5. The van der Waals surface area contributed by atoms with Crippen LogP contribution in [0.1, 0.15) is 19.4 Å². The van der Waals surface area contributed by atoms with Gasteiger partial charge >= 0.3 is 0 Å². The van der Waals surface area contributed by atoms with Crippen LogP contribution in [-0.4, -0.2) is 45.1 Å². The van der Waals surface area contributed by atoms with Crippen LogP contribution in [-0.2, 0) is 21.3 Å². The molecule has 0 saturated carbocycles. The van der Waals surface area contributed by atoms with Gasteiger partial charge in [0.25, 0.3) is 0 Å². The molecule has 1 aromatic carbocycles. The fraction of sp³-hybridized carbons (Fsp3) is 0.571. The summed E-state index contributed by atoms with van der Waals surface area (Å²) in [5.41, 5.74) is -0.0958. The summed E-state index contributed by atoms with van der Waals surface area (Å²) < 4.78 is 46.2. The van der Waals surface area contributed by atoms with Crippen LogP contribution in [0.3, 0.4) is 0 Å². The van der Waals surface area contributed by atoms with Crippen molar-refractivity contribution in [1.29, 1.82) is 0 Å². The molecule has 5 nitrogen and oxygen atoms in total. The minimum absolute atomic E-state index is 0.0202. The maximum Gasteiger partial charge on any atom is 0.244 e. The lowest BCUT2D eigenvalue weighted by atomic mass is 10.1. The number of rotatable bonds is 4. The van der Waals surface area contributed by atoms with E-state index in [1.54, 1.807) is 20.9 Å². The van der Waals surface area contributed by atoms with Crippen LogP contribution in [0.5, 0.6) is 0 Å². The third-order valence-electron chi connectivity index (χ3n) is 3.53. The summed E-state index contributed by atoms with van der Waals surface area (Å²) in [4.78, 5) is 0.0202. The van der Waals surface area contributed by atoms with Crippen molar-refractivity contribution in [2.45, 2.75) is 30.8 Å². The van der Waals surface area contributed by atoms with E-state index < -0.39 is 21.4 Å². The van der Waals surface area contributed by atoms with E-state index in [2.05, 4.69) is 5.32 Å². The number of benzene rings is 1. The molecule has 1 saturated heterocycles. The van der Waals surface area contributed by atoms with Crippen molar-refractivity contribution in [3.8, 4) is 0 Å². The normalized spacial score (nSPS) is 19.6. The van der Waals surface area contributed by atoms with Crippen molar-refractivity contribution in [2.75, 3.05) is 26.8 Å². The molecule has 1 aliphatic rings. The van der Waals surface area contributed by atoms with Gasteiger partial charge in [0, 0.05) is 13.1 Å². The quantitative estimate of drug-likeness (QED) is 0.911. The summed E-state index contributed by atoms with van der Waals surface area (Å²) in [5, 5.41) is 2.91. The van der Waals surface area contributed by atoms with Crippen LogP contribution < -0.4 is 5.32 Å². The number of hydrogen-bond acceptors (Lipinski definition) is 4. The predicted octanol–water partition coefficient (Wildman–Crippen LogP) is 1.34. The van der Waals surface area contributed by atoms with Gasteiger partial charge in [-0.05, 0) is 38.6 Å². The minimum atomic E-state index is -3.77. The van der Waals surface area contributed by atoms with E-state index in [0.29, 0.717) is 25.3 Å². The van der Waals surface area contributed by atoms with Crippen LogP contribution >= 0.6 is 0 Å². The highest BCUT2D eigenvalue weighted by Crippen LogP contribution is 2.29. The van der Waals surface area contributed by atoms with E-state index in [1.807, 2.05) is 0 Å². The first-order valence-electron chi connectivity index (χ1n) is 6.82. The second-order valence-electron chi connectivity index (χ2n) is 5.72. The van der Waals surface area contributed by atoms with Crippen LogP contribution in [0.15, 0.2) is 23.1 Å². The summed E-state index contributed by atoms with van der Waals surface area (Å²) in [6.45, 7) is 4.91. The molecule has 0 aliphatic carbocycles. The van der Waals surface area contributed by atoms with Crippen LogP contribution in [0.25, 0.3) is 0 Å². The molecule has 1 N–H and O–H groups in total. The number of morpholine rings is 1. The SMILES string of the molecule is CNCc1ccc(F)cc1S(=O)(=O)N1CCOCC1(C)C. The zero-order valence-electron chi connectivity index (χ0n) is 12.5. The van der Waals surface area contributed by atoms with Crippen molar-refractivity contribution in [3.63, 3.8) is 0 Å². The molecule has 1 heterocycles. The highest BCUT2D eigenvalue weighted by Gasteiger charge is 2.40. The standard InChI is InChI=1S/C14H21FN2O3S/c1-14(2)10-20-7-6-17(14)21(18,19)13-8-12(15)5-4-11(13)9-16-3/h4-5,8,16H,6-7,9-10H2,1-3H3. The number of hydrogen-bond donors (Lipinski definition) is 1. The van der Waals surface area contributed by atoms with Crippen LogP contribution in [0.2, 0.25) is 0 Å². The summed E-state index contributed by atoms with van der Waals surface area (Å²) >= 11 is 0. The molecule has 1 fully saturated rings. The Labute approximate surface area is 125 Å². The van der Waals surface area contributed by atoms with Gasteiger partial charge in [-0.2, -0.15) is 4.31 Å². The van der Waals surface area contributed by atoms with Gasteiger partial charge in [0.1, 0.15) is 5.82 Å². The van der Waals surface area contributed by atoms with Gasteiger partial charge in [-0.1, -0.05) is 6.07 Å². The Hall–Kier alpha value is -1.02. The molecule has 1 aliphatic heterocycles. The first-order valence-corrected chi connectivity index (χ1v) is 8.26. The van der Waals surface area contributed by atoms with Crippen LogP contribution in [0, 0.1) is 5.82 Å². The van der Waals surface area contributed by atoms with E-state index in [4.69, 9.17) is 4.74 Å². The molecule has 0 amide bonds. The Balaban J connectivity index is 2.50. The second-order valence-corrected chi connectivity index (χ2v) is 7.56. The topological polar surface area (TPSA) is 58.6 Å². The average Bonchev–Trinajstić information content (AvgIpc) is 2.40. The molecule has 2 rings (SSSR count). The van der Waals surface area contributed by atoms with Crippen molar-refractivity contribution < 1.29 is 17.5 Å². The van der Waals surface area contributed by atoms with Gasteiger partial charge in [-0.3, -0.25) is 0 Å². The Morgan fingerprint density at radius 2 is 2.14 bits per heavy atom. The summed E-state index contributed by atoms with van der Waals surface area (Å²) in [7, 11) is -2.05. The van der Waals surface area contributed by atoms with Gasteiger partial charge in [-0.15, -0.1) is 0 Å². The number of halogens is 1. The van der Waals surface area contributed by atoms with Gasteiger partial charge in [0.05, 0.1) is 23.6 Å². The van der Waals surface area contributed by atoms with Crippen molar-refractivity contribution >= 4 is 10.0 Å². The summed E-state index contributed by atoms with van der Waals surface area (Å²) in [6, 6.07) is 3.87. The van der Waals surface area contributed by atoms with E-state index >= 15 is 0 Å². The van der Waals surface area contributed by atoms with E-state index in [9.17, 15) is 12.8 Å². The first kappa shape index (κ1) is 16.4. The summed E-state index contributed by atoms with van der Waals surface area (Å²) in [5.74, 6) is -0.556. The predicted molar refractivity (Wildman–Crippen MR) is 78.0 cm³/mol. The molecular weight excluding hydrogens is 295 g/mol. The second kappa shape index (κ2) is 6.00. The molecule has 0 atom stereocenters. The number of nitrogens with zero attached hydrogens (tertiary/aromatic N) is 1. The fourth-order valence-electron chi connectivity index (χ4n) is 2.51. The lowest BCUT2D eigenvalue weighted by molar-refractivity contribution is -0.00773. The van der Waals surface area contributed by atoms with Crippen LogP contribution in [0.4, 0.5) is 4.39 Å². The molecule has 0 unspecified atom stereocenters. The molecule has 0 aromatic heterocycles. The molecular formula is C14H21FN2O3S. The third kappa shape index (κ3) is 3.26. The molecule has 21 heavy (non-hydrogen) atoms. The molecule has 1 aromatic rings. The lowest BCUT2D eigenvalue weighted by Gasteiger charge is -2.41. The van der Waals surface area contributed by atoms with Gasteiger partial charge in [-0.25, -0.2) is 12.8 Å². The minimum Gasteiger partial charge on any atom is -0.378 e. The zero-order chi connectivity index (χ0) is 15.7. The largest absolute Gasteiger partial charge is 0.378 e. The fourth-order valence-corrected chi connectivity index (χ4v) is 4.50. The Bertz CT molecular complexity index is 617. The molecule has 7 heteroatoms. The molecule has 0 bridgehead atoms. The number of ether oxygens (including phenoxy) is 1. The third-order valence-corrected chi connectivity index (χ3v) is 5.73. The molecule has 0 spiro atoms. The van der Waals surface area contributed by atoms with Crippen molar-refractivity contribution in [2.24, 2.45) is 0 Å². The highest BCUT2D eigenvalue weighted by atomic mass is 32.2. The lowest BCUT2D eigenvalue weighted by Crippen LogP contribution is -2.55. The molecule has 0 radical (unpaired) electrons. The van der Waals surface area contributed by atoms with E-state index in [1.165, 1.54) is 16.4 Å². The number of sulfonamides is 1. The average molecular weight is 316 g/mol. The van der Waals surface area contributed by atoms with Gasteiger partial charge in [0.2, 0.25) is 10.0 Å². The Morgan fingerprint density at radius 1 is 1.43 bits per heavy atom. The molecule has 118 valence electrons.